The predicted molar refractivity (Wildman–Crippen MR) is 115 cm³/mol. The lowest BCUT2D eigenvalue weighted by Gasteiger charge is -2.12. The number of aromatic nitrogens is 1. The van der Waals surface area contributed by atoms with E-state index in [0.717, 1.165) is 6.26 Å². The molecule has 2 aromatic heterocycles. The third-order valence-corrected chi connectivity index (χ3v) is 6.82. The number of thiophene rings is 1. The summed E-state index contributed by atoms with van der Waals surface area (Å²) in [5.41, 5.74) is 1.71. The van der Waals surface area contributed by atoms with Gasteiger partial charge in [-0.05, 0) is 53.6 Å². The van der Waals surface area contributed by atoms with E-state index >= 15 is 0 Å². The zero-order valence-corrected chi connectivity index (χ0v) is 17.2. The Morgan fingerprint density at radius 2 is 1.97 bits per heavy atom. The second-order valence-electron chi connectivity index (χ2n) is 7.04. The van der Waals surface area contributed by atoms with E-state index in [1.165, 1.54) is 23.5 Å². The number of halogens is 1. The summed E-state index contributed by atoms with van der Waals surface area (Å²) in [6.07, 6.45) is 1.80. The molecule has 0 amide bonds. The van der Waals surface area contributed by atoms with Crippen molar-refractivity contribution in [2.24, 2.45) is 0 Å². The van der Waals surface area contributed by atoms with Crippen LogP contribution in [0.15, 0.2) is 46.6 Å². The molecule has 0 bridgehead atoms. The van der Waals surface area contributed by atoms with Crippen molar-refractivity contribution in [3.05, 3.63) is 63.5 Å². The first kappa shape index (κ1) is 19.6. The smallest absolute Gasteiger partial charge is 0.266 e. The molecular formula is C21H18FNO4S2. The number of phenolic OH excluding ortho intramolecular Hbond substituents is 1. The van der Waals surface area contributed by atoms with Crippen molar-refractivity contribution in [2.75, 3.05) is 12.0 Å². The van der Waals surface area contributed by atoms with Gasteiger partial charge in [-0.3, -0.25) is 4.79 Å². The predicted octanol–water partition coefficient (Wildman–Crippen LogP) is 4.23. The molecule has 0 atom stereocenters. The van der Waals surface area contributed by atoms with Crippen LogP contribution in [-0.2, 0) is 16.3 Å². The third kappa shape index (κ3) is 3.77. The van der Waals surface area contributed by atoms with E-state index in [9.17, 15) is 22.7 Å². The summed E-state index contributed by atoms with van der Waals surface area (Å²) in [7, 11) is -3.09. The fourth-order valence-corrected chi connectivity index (χ4v) is 5.02. The summed E-state index contributed by atoms with van der Waals surface area (Å²) in [5.74, 6) is -0.471. The number of aromatic amines is 1. The van der Waals surface area contributed by atoms with Gasteiger partial charge in [0.1, 0.15) is 26.1 Å². The van der Waals surface area contributed by atoms with Crippen LogP contribution in [0.5, 0.6) is 5.75 Å². The van der Waals surface area contributed by atoms with Crippen LogP contribution >= 0.6 is 11.3 Å². The normalized spacial score (nSPS) is 12.1. The summed E-state index contributed by atoms with van der Waals surface area (Å²) < 4.78 is 37.8. The van der Waals surface area contributed by atoms with E-state index in [2.05, 4.69) is 4.98 Å². The van der Waals surface area contributed by atoms with Gasteiger partial charge in [-0.25, -0.2) is 12.8 Å². The Hall–Kier alpha value is -2.71. The van der Waals surface area contributed by atoms with Gasteiger partial charge in [0.05, 0.1) is 5.75 Å². The number of benzene rings is 2. The van der Waals surface area contributed by atoms with Gasteiger partial charge in [-0.1, -0.05) is 12.1 Å². The zero-order valence-electron chi connectivity index (χ0n) is 15.5. The van der Waals surface area contributed by atoms with Crippen LogP contribution in [0.4, 0.5) is 4.39 Å². The number of rotatable bonds is 5. The number of hydrogen-bond acceptors (Lipinski definition) is 5. The summed E-state index contributed by atoms with van der Waals surface area (Å²) >= 11 is 1.31. The highest BCUT2D eigenvalue weighted by Crippen LogP contribution is 2.40. The zero-order chi connectivity index (χ0) is 20.8. The van der Waals surface area contributed by atoms with Crippen molar-refractivity contribution in [3.63, 3.8) is 0 Å². The molecule has 2 heterocycles. The molecule has 150 valence electrons. The molecular weight excluding hydrogens is 413 g/mol. The fraction of sp³-hybridized carbons (Fsp3) is 0.190. The number of fused-ring (bicyclic) bond motifs is 3. The maximum absolute atomic E-state index is 14.7. The molecule has 8 heteroatoms. The number of aromatic hydroxyl groups is 1. The summed E-state index contributed by atoms with van der Waals surface area (Å²) in [5, 5.41) is 13.7. The second-order valence-corrected chi connectivity index (χ2v) is 10.2. The molecule has 0 fully saturated rings. The van der Waals surface area contributed by atoms with Crippen molar-refractivity contribution in [1.82, 2.24) is 4.98 Å². The number of H-pyrrole nitrogens is 1. The van der Waals surface area contributed by atoms with Crippen LogP contribution in [0.3, 0.4) is 0 Å². The molecule has 0 saturated carbocycles. The minimum atomic E-state index is -3.09. The van der Waals surface area contributed by atoms with Gasteiger partial charge in [-0.2, -0.15) is 0 Å². The van der Waals surface area contributed by atoms with E-state index in [-0.39, 0.29) is 17.1 Å². The largest absolute Gasteiger partial charge is 0.507 e. The first-order valence-electron chi connectivity index (χ1n) is 8.96. The molecule has 0 saturated heterocycles. The third-order valence-electron chi connectivity index (χ3n) is 4.88. The highest BCUT2D eigenvalue weighted by molar-refractivity contribution is 7.90. The molecule has 2 aromatic carbocycles. The number of aryl methyl sites for hydroxylation is 1. The highest BCUT2D eigenvalue weighted by atomic mass is 32.2. The van der Waals surface area contributed by atoms with Gasteiger partial charge in [0.25, 0.3) is 5.56 Å². The van der Waals surface area contributed by atoms with Gasteiger partial charge >= 0.3 is 0 Å². The summed E-state index contributed by atoms with van der Waals surface area (Å²) in [4.78, 5) is 15.1. The van der Waals surface area contributed by atoms with Crippen LogP contribution in [-0.4, -0.2) is 30.5 Å². The average molecular weight is 432 g/mol. The lowest BCUT2D eigenvalue weighted by Crippen LogP contribution is -2.05. The van der Waals surface area contributed by atoms with E-state index < -0.39 is 15.7 Å². The Kier molecular flexibility index (Phi) is 4.92. The molecule has 0 aliphatic carbocycles. The molecule has 0 unspecified atom stereocenters. The van der Waals surface area contributed by atoms with E-state index in [1.54, 1.807) is 23.6 Å². The first-order chi connectivity index (χ1) is 13.7. The fourth-order valence-electron chi connectivity index (χ4n) is 3.56. The first-order valence-corrected chi connectivity index (χ1v) is 11.9. The Morgan fingerprint density at radius 1 is 1.17 bits per heavy atom. The van der Waals surface area contributed by atoms with Crippen LogP contribution in [0, 0.1) is 5.82 Å². The molecule has 29 heavy (non-hydrogen) atoms. The second kappa shape index (κ2) is 7.27. The Morgan fingerprint density at radius 3 is 2.69 bits per heavy atom. The Bertz CT molecular complexity index is 1400. The van der Waals surface area contributed by atoms with E-state index in [0.29, 0.717) is 50.5 Å². The number of sulfone groups is 1. The minimum Gasteiger partial charge on any atom is -0.507 e. The van der Waals surface area contributed by atoms with Gasteiger partial charge in [0.15, 0.2) is 0 Å². The minimum absolute atomic E-state index is 0.00179. The van der Waals surface area contributed by atoms with E-state index in [4.69, 9.17) is 0 Å². The molecule has 0 aliphatic rings. The molecule has 5 nitrogen and oxygen atoms in total. The van der Waals surface area contributed by atoms with Gasteiger partial charge in [0, 0.05) is 28.1 Å². The van der Waals surface area contributed by atoms with Crippen molar-refractivity contribution < 1.29 is 17.9 Å². The van der Waals surface area contributed by atoms with Gasteiger partial charge < -0.3 is 10.1 Å². The molecule has 4 aromatic rings. The quantitative estimate of drug-likeness (QED) is 0.495. The maximum Gasteiger partial charge on any atom is 0.266 e. The van der Waals surface area contributed by atoms with Gasteiger partial charge in [0.2, 0.25) is 0 Å². The topological polar surface area (TPSA) is 87.2 Å². The SMILES string of the molecule is CS(=O)(=O)CCCc1ccc(-c2c(O)ccc3[nH]c(=O)c4sccc4c23)cc1F. The molecule has 0 radical (unpaired) electrons. The number of phenols is 1. The number of pyridine rings is 1. The van der Waals surface area contributed by atoms with Crippen molar-refractivity contribution in [2.45, 2.75) is 12.8 Å². The van der Waals surface area contributed by atoms with Crippen LogP contribution < -0.4 is 5.56 Å². The Labute approximate surface area is 170 Å². The Balaban J connectivity index is 1.83. The lowest BCUT2D eigenvalue weighted by atomic mass is 9.95. The van der Waals surface area contributed by atoms with Crippen LogP contribution in [0.1, 0.15) is 12.0 Å². The highest BCUT2D eigenvalue weighted by Gasteiger charge is 2.17. The standard InChI is InChI=1S/C21H18FNO4S2/c1-29(26,27)10-2-3-12-4-5-13(11-15(12)22)18-17(24)7-6-16-19(18)14-8-9-28-20(14)21(25)23-16/h4-9,11,24H,2-3,10H2,1H3,(H,23,25). The number of nitrogens with one attached hydrogen (secondary N) is 1. The maximum atomic E-state index is 14.7. The molecule has 0 spiro atoms. The average Bonchev–Trinajstić information content (AvgIpc) is 3.13. The van der Waals surface area contributed by atoms with Crippen LogP contribution in [0.25, 0.3) is 32.1 Å². The summed E-state index contributed by atoms with van der Waals surface area (Å²) in [6.45, 7) is 0. The van der Waals surface area contributed by atoms with Crippen molar-refractivity contribution >= 4 is 42.2 Å². The van der Waals surface area contributed by atoms with Crippen LogP contribution in [0.2, 0.25) is 0 Å². The molecule has 0 aliphatic heterocycles. The molecule has 2 N–H and O–H groups in total. The lowest BCUT2D eigenvalue weighted by molar-refractivity contribution is 0.478. The van der Waals surface area contributed by atoms with Crippen molar-refractivity contribution in [1.29, 1.82) is 0 Å². The van der Waals surface area contributed by atoms with Crippen molar-refractivity contribution in [3.8, 4) is 16.9 Å². The molecule has 4 rings (SSSR count). The summed E-state index contributed by atoms with van der Waals surface area (Å²) in [6, 6.07) is 9.58. The van der Waals surface area contributed by atoms with Gasteiger partial charge in [-0.15, -0.1) is 11.3 Å². The monoisotopic (exact) mass is 431 g/mol. The number of hydrogen-bond donors (Lipinski definition) is 2. The van der Waals surface area contributed by atoms with E-state index in [1.807, 2.05) is 6.07 Å².